The van der Waals surface area contributed by atoms with E-state index in [1.54, 1.807) is 0 Å². The van der Waals surface area contributed by atoms with Gasteiger partial charge in [0.25, 0.3) is 0 Å². The molecule has 0 aromatic rings. The van der Waals surface area contributed by atoms with E-state index in [0.29, 0.717) is 0 Å². The summed E-state index contributed by atoms with van der Waals surface area (Å²) >= 11 is 0. The third-order valence-corrected chi connectivity index (χ3v) is 0.454. The Labute approximate surface area is 33.5 Å². The van der Waals surface area contributed by atoms with Crippen LogP contribution in [0.5, 0.6) is 0 Å². The van der Waals surface area contributed by atoms with Crippen molar-refractivity contribution in [2.24, 2.45) is 0 Å². The number of hydrogen-bond donors (Lipinski definition) is 2. The van der Waals surface area contributed by atoms with E-state index < -0.39 is 12.1 Å². The lowest BCUT2D eigenvalue weighted by molar-refractivity contribution is 0.210. The molecule has 0 aromatic carbocycles. The first kappa shape index (κ1) is 3.14. The summed E-state index contributed by atoms with van der Waals surface area (Å²) in [6.45, 7) is 0. The van der Waals surface area contributed by atoms with Gasteiger partial charge in [-0.3, -0.25) is 10.6 Å². The van der Waals surface area contributed by atoms with Gasteiger partial charge in [-0.15, -0.1) is 0 Å². The van der Waals surface area contributed by atoms with Crippen LogP contribution in [0.2, 0.25) is 0 Å². The lowest BCUT2D eigenvalue weighted by Crippen LogP contribution is -2.58. The highest BCUT2D eigenvalue weighted by Crippen LogP contribution is 1.75. The number of imide groups is 2. The van der Waals surface area contributed by atoms with Crippen molar-refractivity contribution >= 4 is 12.1 Å². The van der Waals surface area contributed by atoms with Crippen LogP contribution in [-0.4, -0.2) is 12.1 Å². The molecule has 1 heterocycles. The number of carbonyl (C=O) groups excluding carboxylic acids is 2. The van der Waals surface area contributed by atoms with Gasteiger partial charge in [-0.1, -0.05) is 0 Å². The van der Waals surface area contributed by atoms with Crippen molar-refractivity contribution in [1.82, 2.24) is 10.6 Å². The predicted molar refractivity (Wildman–Crippen MR) is 17.1 cm³/mol. The fourth-order valence-electron chi connectivity index (χ4n) is 0.206. The van der Waals surface area contributed by atoms with Crippen molar-refractivity contribution in [2.75, 3.05) is 0 Å². The summed E-state index contributed by atoms with van der Waals surface area (Å²) in [4.78, 5) is 19.3. The molecule has 0 atom stereocenters. The summed E-state index contributed by atoms with van der Waals surface area (Å²) in [6, 6.07) is -0.833. The Bertz CT molecular complexity index is 86.1. The van der Waals surface area contributed by atoms with Crippen molar-refractivity contribution in [2.45, 2.75) is 0 Å². The third-order valence-electron chi connectivity index (χ3n) is 0.454. The molecule has 4 heteroatoms. The van der Waals surface area contributed by atoms with E-state index in [-0.39, 0.29) is 0 Å². The van der Waals surface area contributed by atoms with Gasteiger partial charge in [0, 0.05) is 0 Å². The van der Waals surface area contributed by atoms with Crippen LogP contribution >= 0.6 is 0 Å². The van der Waals surface area contributed by atoms with Crippen LogP contribution in [-0.2, 0) is 0 Å². The van der Waals surface area contributed by atoms with Gasteiger partial charge in [-0.25, -0.2) is 9.59 Å². The van der Waals surface area contributed by atoms with E-state index in [1.165, 1.54) is 0 Å². The number of urea groups is 2. The third kappa shape index (κ3) is 0.230. The number of amides is 4. The van der Waals surface area contributed by atoms with Crippen LogP contribution in [0.1, 0.15) is 0 Å². The molecule has 1 fully saturated rings. The molecule has 6 heavy (non-hydrogen) atoms. The van der Waals surface area contributed by atoms with Crippen LogP contribution in [0.3, 0.4) is 0 Å². The summed E-state index contributed by atoms with van der Waals surface area (Å²) in [5.74, 6) is 0. The summed E-state index contributed by atoms with van der Waals surface area (Å²) in [5, 5.41) is 3.83. The van der Waals surface area contributed by atoms with Crippen LogP contribution < -0.4 is 10.6 Å². The zero-order chi connectivity index (χ0) is 4.57. The maximum atomic E-state index is 9.67. The molecular weight excluding hydrogens is 84.0 g/mol. The summed E-state index contributed by atoms with van der Waals surface area (Å²) in [6.07, 6.45) is 0. The fourth-order valence-corrected chi connectivity index (χ4v) is 0.206. The van der Waals surface area contributed by atoms with Crippen molar-refractivity contribution in [3.8, 4) is 0 Å². The van der Waals surface area contributed by atoms with E-state index in [0.717, 1.165) is 0 Å². The van der Waals surface area contributed by atoms with Crippen molar-refractivity contribution < 1.29 is 9.59 Å². The molecule has 32 valence electrons. The SMILES string of the molecule is O=C1NC(=O)N1. The number of nitrogens with one attached hydrogen (secondary N) is 2. The molecule has 0 bridgehead atoms. The Morgan fingerprint density at radius 3 is 1.33 bits per heavy atom. The highest BCUT2D eigenvalue weighted by Gasteiger charge is 2.18. The Morgan fingerprint density at radius 2 is 1.33 bits per heavy atom. The maximum absolute atomic E-state index is 9.67. The maximum Gasteiger partial charge on any atom is 0.330 e. The molecule has 2 N–H and O–H groups in total. The summed E-state index contributed by atoms with van der Waals surface area (Å²) < 4.78 is 0. The van der Waals surface area contributed by atoms with Crippen LogP contribution in [0.25, 0.3) is 0 Å². The number of hydrogen-bond acceptors (Lipinski definition) is 2. The van der Waals surface area contributed by atoms with Gasteiger partial charge in [0.05, 0.1) is 0 Å². The minimum Gasteiger partial charge on any atom is -0.259 e. The van der Waals surface area contributed by atoms with Crippen molar-refractivity contribution in [3.05, 3.63) is 0 Å². The molecule has 0 spiro atoms. The molecule has 1 aliphatic rings. The highest BCUT2D eigenvalue weighted by atomic mass is 16.2. The first-order chi connectivity index (χ1) is 2.79. The Balaban J connectivity index is 2.47. The number of carbonyl (C=O) groups is 2. The van der Waals surface area contributed by atoms with Crippen molar-refractivity contribution in [1.29, 1.82) is 0 Å². The Morgan fingerprint density at radius 1 is 1.00 bits per heavy atom. The fraction of sp³-hybridized carbons (Fsp3) is 0. The molecule has 0 aromatic heterocycles. The van der Waals surface area contributed by atoms with E-state index in [4.69, 9.17) is 0 Å². The lowest BCUT2D eigenvalue weighted by Gasteiger charge is -2.10. The Hall–Kier alpha value is -1.06. The zero-order valence-corrected chi connectivity index (χ0v) is 2.82. The zero-order valence-electron chi connectivity index (χ0n) is 2.82. The average molecular weight is 86.0 g/mol. The van der Waals surface area contributed by atoms with Gasteiger partial charge < -0.3 is 0 Å². The molecule has 0 saturated carbocycles. The lowest BCUT2D eigenvalue weighted by atomic mass is 10.7. The molecule has 0 radical (unpaired) electrons. The van der Waals surface area contributed by atoms with Crippen molar-refractivity contribution in [3.63, 3.8) is 0 Å². The van der Waals surface area contributed by atoms with Gasteiger partial charge in [-0.2, -0.15) is 0 Å². The molecule has 4 amide bonds. The smallest absolute Gasteiger partial charge is 0.259 e. The average Bonchev–Trinajstić information content (AvgIpc) is 1.33. The minimum absolute atomic E-state index is 0.417. The molecule has 1 rings (SSSR count). The topological polar surface area (TPSA) is 58.2 Å². The quantitative estimate of drug-likeness (QED) is 0.414. The highest BCUT2D eigenvalue weighted by molar-refractivity contribution is 6.11. The summed E-state index contributed by atoms with van der Waals surface area (Å²) in [7, 11) is 0. The first-order valence-electron chi connectivity index (χ1n) is 1.41. The van der Waals surface area contributed by atoms with Crippen LogP contribution in [0, 0.1) is 0 Å². The van der Waals surface area contributed by atoms with E-state index in [9.17, 15) is 9.59 Å². The van der Waals surface area contributed by atoms with Gasteiger partial charge in [-0.05, 0) is 0 Å². The summed E-state index contributed by atoms with van der Waals surface area (Å²) in [5.41, 5.74) is 0. The second kappa shape index (κ2) is 0.707. The van der Waals surface area contributed by atoms with Gasteiger partial charge in [0.1, 0.15) is 0 Å². The van der Waals surface area contributed by atoms with Gasteiger partial charge in [0.15, 0.2) is 0 Å². The predicted octanol–water partition coefficient (Wildman–Crippen LogP) is -0.581. The largest absolute Gasteiger partial charge is 0.330 e. The molecule has 1 aliphatic heterocycles. The standard InChI is InChI=1S/C2H2N2O2/c5-1-3-2(6)4-1/h(H2,3,4,5,6). The molecule has 0 aliphatic carbocycles. The number of rotatable bonds is 0. The molecular formula is C2H2N2O2. The molecule has 4 nitrogen and oxygen atoms in total. The monoisotopic (exact) mass is 86.0 g/mol. The van der Waals surface area contributed by atoms with Crippen LogP contribution in [0.15, 0.2) is 0 Å². The first-order valence-corrected chi connectivity index (χ1v) is 1.41. The minimum atomic E-state index is -0.417. The van der Waals surface area contributed by atoms with E-state index in [1.807, 2.05) is 10.6 Å². The van der Waals surface area contributed by atoms with Gasteiger partial charge in [0.2, 0.25) is 0 Å². The second-order valence-corrected chi connectivity index (χ2v) is 0.908. The Kier molecular flexibility index (Phi) is 0.370. The van der Waals surface area contributed by atoms with Crippen LogP contribution in [0.4, 0.5) is 9.59 Å². The normalized spacial score (nSPS) is 18.0. The molecule has 1 saturated heterocycles. The molecule has 0 unspecified atom stereocenters. The van der Waals surface area contributed by atoms with E-state index in [2.05, 4.69) is 0 Å². The van der Waals surface area contributed by atoms with E-state index >= 15 is 0 Å². The van der Waals surface area contributed by atoms with Gasteiger partial charge >= 0.3 is 12.1 Å². The second-order valence-electron chi connectivity index (χ2n) is 0.908.